The standard InChI is InChI=1S/C19H17ClN2O3/c1-11-5-4-6-15(12(11)2)22-18(23)16(20)17(19(22)24)21-13-7-9-14(25-3)10-8-13/h4-10,21H,1-3H3. The number of methoxy groups -OCH3 is 1. The minimum atomic E-state index is -0.531. The predicted octanol–water partition coefficient (Wildman–Crippen LogP) is 3.75. The molecule has 1 N–H and O–H groups in total. The number of benzene rings is 2. The van der Waals surface area contributed by atoms with Crippen LogP contribution in [0.5, 0.6) is 5.75 Å². The summed E-state index contributed by atoms with van der Waals surface area (Å²) < 4.78 is 5.10. The molecule has 0 aromatic heterocycles. The van der Waals surface area contributed by atoms with Crippen LogP contribution in [0.3, 0.4) is 0 Å². The quantitative estimate of drug-likeness (QED) is 0.848. The molecule has 25 heavy (non-hydrogen) atoms. The van der Waals surface area contributed by atoms with Gasteiger partial charge in [0.2, 0.25) is 0 Å². The highest BCUT2D eigenvalue weighted by molar-refractivity contribution is 6.53. The molecule has 2 amide bonds. The minimum Gasteiger partial charge on any atom is -0.497 e. The lowest BCUT2D eigenvalue weighted by molar-refractivity contribution is -0.120. The average Bonchev–Trinajstić information content (AvgIpc) is 2.82. The van der Waals surface area contributed by atoms with Gasteiger partial charge in [-0.05, 0) is 55.3 Å². The monoisotopic (exact) mass is 356 g/mol. The summed E-state index contributed by atoms with van der Waals surface area (Å²) in [5.74, 6) is -0.313. The summed E-state index contributed by atoms with van der Waals surface area (Å²) >= 11 is 6.15. The van der Waals surface area contributed by atoms with E-state index in [1.54, 1.807) is 43.5 Å². The third-order valence-electron chi connectivity index (χ3n) is 4.20. The maximum Gasteiger partial charge on any atom is 0.283 e. The van der Waals surface area contributed by atoms with E-state index >= 15 is 0 Å². The Kier molecular flexibility index (Phi) is 4.51. The second kappa shape index (κ2) is 6.61. The summed E-state index contributed by atoms with van der Waals surface area (Å²) in [4.78, 5) is 26.4. The molecule has 0 aliphatic carbocycles. The van der Waals surface area contributed by atoms with Crippen molar-refractivity contribution < 1.29 is 14.3 Å². The average molecular weight is 357 g/mol. The Morgan fingerprint density at radius 2 is 1.68 bits per heavy atom. The van der Waals surface area contributed by atoms with E-state index in [0.717, 1.165) is 16.0 Å². The van der Waals surface area contributed by atoms with Gasteiger partial charge in [0.05, 0.1) is 12.8 Å². The number of amides is 2. The normalized spacial score (nSPS) is 14.3. The van der Waals surface area contributed by atoms with Crippen molar-refractivity contribution in [2.75, 3.05) is 17.3 Å². The van der Waals surface area contributed by atoms with E-state index in [4.69, 9.17) is 16.3 Å². The van der Waals surface area contributed by atoms with Gasteiger partial charge in [0.25, 0.3) is 11.8 Å². The van der Waals surface area contributed by atoms with Crippen LogP contribution in [0.4, 0.5) is 11.4 Å². The summed E-state index contributed by atoms with van der Waals surface area (Å²) in [7, 11) is 1.57. The molecule has 0 bridgehead atoms. The predicted molar refractivity (Wildman–Crippen MR) is 97.9 cm³/mol. The van der Waals surface area contributed by atoms with E-state index in [-0.39, 0.29) is 10.7 Å². The number of imide groups is 1. The SMILES string of the molecule is COc1ccc(NC2=C(Cl)C(=O)N(c3cccc(C)c3C)C2=O)cc1. The van der Waals surface area contributed by atoms with Crippen LogP contribution in [0.15, 0.2) is 53.2 Å². The minimum absolute atomic E-state index is 0.0674. The number of hydrogen-bond donors (Lipinski definition) is 1. The fraction of sp³-hybridized carbons (Fsp3) is 0.158. The highest BCUT2D eigenvalue weighted by atomic mass is 35.5. The Morgan fingerprint density at radius 1 is 1.00 bits per heavy atom. The van der Waals surface area contributed by atoms with Gasteiger partial charge in [-0.15, -0.1) is 0 Å². The number of rotatable bonds is 4. The molecule has 5 nitrogen and oxygen atoms in total. The molecule has 0 radical (unpaired) electrons. The number of ether oxygens (including phenoxy) is 1. The number of nitrogens with one attached hydrogen (secondary N) is 1. The maximum absolute atomic E-state index is 12.8. The summed E-state index contributed by atoms with van der Waals surface area (Å²) in [5.41, 5.74) is 3.10. The number of carbonyl (C=O) groups is 2. The molecule has 3 rings (SSSR count). The molecule has 6 heteroatoms. The summed E-state index contributed by atoms with van der Waals surface area (Å²) in [6.45, 7) is 3.80. The lowest BCUT2D eigenvalue weighted by atomic mass is 10.1. The largest absolute Gasteiger partial charge is 0.497 e. The van der Waals surface area contributed by atoms with Crippen molar-refractivity contribution in [2.45, 2.75) is 13.8 Å². The Labute approximate surface area is 150 Å². The van der Waals surface area contributed by atoms with Crippen LogP contribution in [0, 0.1) is 13.8 Å². The molecule has 0 saturated heterocycles. The van der Waals surface area contributed by atoms with E-state index in [0.29, 0.717) is 17.1 Å². The molecule has 1 aliphatic heterocycles. The number of halogens is 1. The lowest BCUT2D eigenvalue weighted by Gasteiger charge is -2.18. The van der Waals surface area contributed by atoms with Crippen LogP contribution in [0.1, 0.15) is 11.1 Å². The third kappa shape index (κ3) is 2.98. The molecule has 0 spiro atoms. The number of nitrogens with zero attached hydrogens (tertiary/aromatic N) is 1. The van der Waals surface area contributed by atoms with Crippen LogP contribution in [0.2, 0.25) is 0 Å². The van der Waals surface area contributed by atoms with Crippen molar-refractivity contribution >= 4 is 34.8 Å². The van der Waals surface area contributed by atoms with E-state index in [1.807, 2.05) is 19.9 Å². The number of aryl methyl sites for hydroxylation is 1. The van der Waals surface area contributed by atoms with Gasteiger partial charge in [-0.2, -0.15) is 0 Å². The molecule has 0 saturated carbocycles. The zero-order valence-corrected chi connectivity index (χ0v) is 14.8. The maximum atomic E-state index is 12.8. The first-order valence-electron chi connectivity index (χ1n) is 7.70. The zero-order chi connectivity index (χ0) is 18.1. The van der Waals surface area contributed by atoms with Crippen LogP contribution in [-0.2, 0) is 9.59 Å². The highest BCUT2D eigenvalue weighted by Gasteiger charge is 2.39. The zero-order valence-electron chi connectivity index (χ0n) is 14.1. The van der Waals surface area contributed by atoms with Gasteiger partial charge < -0.3 is 10.1 Å². The van der Waals surface area contributed by atoms with Gasteiger partial charge in [0.15, 0.2) is 0 Å². The van der Waals surface area contributed by atoms with Gasteiger partial charge >= 0.3 is 0 Å². The van der Waals surface area contributed by atoms with Crippen LogP contribution in [-0.4, -0.2) is 18.9 Å². The molecular weight excluding hydrogens is 340 g/mol. The third-order valence-corrected chi connectivity index (χ3v) is 4.55. The molecule has 0 unspecified atom stereocenters. The van der Waals surface area contributed by atoms with Gasteiger partial charge in [-0.3, -0.25) is 9.59 Å². The summed E-state index contributed by atoms with van der Waals surface area (Å²) in [6, 6.07) is 12.5. The smallest absolute Gasteiger partial charge is 0.283 e. The number of carbonyl (C=O) groups excluding carboxylic acids is 2. The highest BCUT2D eigenvalue weighted by Crippen LogP contribution is 2.33. The Bertz CT molecular complexity index is 888. The topological polar surface area (TPSA) is 58.6 Å². The first-order valence-corrected chi connectivity index (χ1v) is 8.07. The van der Waals surface area contributed by atoms with Crippen molar-refractivity contribution in [3.05, 3.63) is 64.3 Å². The van der Waals surface area contributed by atoms with E-state index < -0.39 is 11.8 Å². The Balaban J connectivity index is 1.92. The van der Waals surface area contributed by atoms with Crippen molar-refractivity contribution in [3.8, 4) is 5.75 Å². The van der Waals surface area contributed by atoms with Crippen molar-refractivity contribution in [1.29, 1.82) is 0 Å². The summed E-state index contributed by atoms with van der Waals surface area (Å²) in [6.07, 6.45) is 0. The van der Waals surface area contributed by atoms with Gasteiger partial charge in [-0.25, -0.2) is 4.90 Å². The van der Waals surface area contributed by atoms with Crippen LogP contribution in [0.25, 0.3) is 0 Å². The summed E-state index contributed by atoms with van der Waals surface area (Å²) in [5, 5.41) is 2.81. The van der Waals surface area contributed by atoms with E-state index in [1.165, 1.54) is 0 Å². The van der Waals surface area contributed by atoms with E-state index in [9.17, 15) is 9.59 Å². The number of anilines is 2. The van der Waals surface area contributed by atoms with Crippen molar-refractivity contribution in [2.24, 2.45) is 0 Å². The van der Waals surface area contributed by atoms with E-state index in [2.05, 4.69) is 5.32 Å². The Morgan fingerprint density at radius 3 is 2.32 bits per heavy atom. The van der Waals surface area contributed by atoms with Gasteiger partial charge in [0.1, 0.15) is 16.5 Å². The van der Waals surface area contributed by atoms with Crippen LogP contribution < -0.4 is 15.0 Å². The molecule has 2 aromatic rings. The first kappa shape index (κ1) is 17.0. The fourth-order valence-corrected chi connectivity index (χ4v) is 2.84. The van der Waals surface area contributed by atoms with Crippen molar-refractivity contribution in [3.63, 3.8) is 0 Å². The van der Waals surface area contributed by atoms with Crippen LogP contribution >= 0.6 is 11.6 Å². The second-order valence-corrected chi connectivity index (χ2v) is 6.09. The van der Waals surface area contributed by atoms with Gasteiger partial charge in [0, 0.05) is 5.69 Å². The molecular formula is C19H17ClN2O3. The molecule has 1 heterocycles. The lowest BCUT2D eigenvalue weighted by Crippen LogP contribution is -2.33. The molecule has 0 fully saturated rings. The molecule has 1 aliphatic rings. The Hall–Kier alpha value is -2.79. The van der Waals surface area contributed by atoms with Gasteiger partial charge in [-0.1, -0.05) is 23.7 Å². The molecule has 2 aromatic carbocycles. The first-order chi connectivity index (χ1) is 11.9. The molecule has 128 valence electrons. The number of hydrogen-bond acceptors (Lipinski definition) is 4. The second-order valence-electron chi connectivity index (χ2n) is 5.71. The molecule has 0 atom stereocenters. The fourth-order valence-electron chi connectivity index (χ4n) is 2.63. The van der Waals surface area contributed by atoms with Crippen molar-refractivity contribution in [1.82, 2.24) is 0 Å².